The first-order chi connectivity index (χ1) is 11.1. The molecule has 0 radical (unpaired) electrons. The quantitative estimate of drug-likeness (QED) is 0.840. The van der Waals surface area contributed by atoms with Crippen LogP contribution in [0.3, 0.4) is 0 Å². The van der Waals surface area contributed by atoms with Crippen LogP contribution in [0.25, 0.3) is 10.2 Å². The number of ether oxygens (including phenoxy) is 3. The van der Waals surface area contributed by atoms with Crippen LogP contribution in [0.2, 0.25) is 0 Å². The van der Waals surface area contributed by atoms with E-state index in [1.165, 1.54) is 11.3 Å². The van der Waals surface area contributed by atoms with E-state index in [0.29, 0.717) is 22.9 Å². The second-order valence-corrected chi connectivity index (χ2v) is 6.39. The Morgan fingerprint density at radius 1 is 1.39 bits per heavy atom. The van der Waals surface area contributed by atoms with E-state index >= 15 is 0 Å². The zero-order chi connectivity index (χ0) is 16.4. The van der Waals surface area contributed by atoms with Gasteiger partial charge in [0.25, 0.3) is 0 Å². The highest BCUT2D eigenvalue weighted by Crippen LogP contribution is 2.40. The molecule has 1 aromatic carbocycles. The summed E-state index contributed by atoms with van der Waals surface area (Å²) in [5, 5.41) is 0.644. The van der Waals surface area contributed by atoms with Crippen molar-refractivity contribution in [2.45, 2.75) is 25.9 Å². The average molecular weight is 336 g/mol. The summed E-state index contributed by atoms with van der Waals surface area (Å²) in [6.07, 6.45) is 2.09. The number of fused-ring (bicyclic) bond motifs is 1. The molecule has 0 spiro atoms. The summed E-state index contributed by atoms with van der Waals surface area (Å²) in [5.41, 5.74) is 0.713. The number of anilines is 1. The molecule has 1 unspecified atom stereocenters. The van der Waals surface area contributed by atoms with E-state index in [1.54, 1.807) is 26.0 Å². The molecule has 2 aromatic rings. The normalized spacial score (nSPS) is 17.4. The molecule has 7 heteroatoms. The number of thiazole rings is 1. The fraction of sp³-hybridized carbons (Fsp3) is 0.500. The standard InChI is InChI=1S/C16H20N2O4S/c1-10(19)18(9-11-5-4-8-22-11)16-17-14-12(20-2)6-7-13(21-3)15(14)23-16/h6-7,11H,4-5,8-9H2,1-3H3. The van der Waals surface area contributed by atoms with E-state index < -0.39 is 0 Å². The smallest absolute Gasteiger partial charge is 0.225 e. The molecule has 1 aliphatic heterocycles. The van der Waals surface area contributed by atoms with Crippen LogP contribution in [-0.4, -0.2) is 44.4 Å². The average Bonchev–Trinajstić information content (AvgIpc) is 3.20. The van der Waals surface area contributed by atoms with Crippen LogP contribution in [0.15, 0.2) is 12.1 Å². The summed E-state index contributed by atoms with van der Waals surface area (Å²) >= 11 is 1.43. The Morgan fingerprint density at radius 2 is 2.13 bits per heavy atom. The van der Waals surface area contributed by atoms with Crippen molar-refractivity contribution in [3.8, 4) is 11.5 Å². The lowest BCUT2D eigenvalue weighted by atomic mass is 10.2. The molecular weight excluding hydrogens is 316 g/mol. The predicted molar refractivity (Wildman–Crippen MR) is 89.7 cm³/mol. The Morgan fingerprint density at radius 3 is 2.74 bits per heavy atom. The molecular formula is C16H20N2O4S. The molecule has 124 valence electrons. The molecule has 1 aromatic heterocycles. The Hall–Kier alpha value is -1.86. The molecule has 1 aliphatic rings. The van der Waals surface area contributed by atoms with Crippen LogP contribution in [-0.2, 0) is 9.53 Å². The summed E-state index contributed by atoms with van der Waals surface area (Å²) in [5.74, 6) is 1.35. The lowest BCUT2D eigenvalue weighted by molar-refractivity contribution is -0.116. The van der Waals surface area contributed by atoms with E-state index in [2.05, 4.69) is 4.98 Å². The second kappa shape index (κ2) is 6.72. The van der Waals surface area contributed by atoms with Crippen molar-refractivity contribution in [1.29, 1.82) is 0 Å². The SMILES string of the molecule is COc1ccc(OC)c2sc(N(CC3CCCO3)C(C)=O)nc12. The third-order valence-electron chi connectivity index (χ3n) is 3.92. The minimum absolute atomic E-state index is 0.0440. The van der Waals surface area contributed by atoms with Crippen molar-refractivity contribution < 1.29 is 19.0 Å². The van der Waals surface area contributed by atoms with E-state index in [1.807, 2.05) is 12.1 Å². The Kier molecular flexibility index (Phi) is 4.68. The topological polar surface area (TPSA) is 60.9 Å². The van der Waals surface area contributed by atoms with Crippen molar-refractivity contribution in [2.75, 3.05) is 32.3 Å². The van der Waals surface area contributed by atoms with Gasteiger partial charge in [-0.1, -0.05) is 11.3 Å². The second-order valence-electron chi connectivity index (χ2n) is 5.41. The first-order valence-corrected chi connectivity index (χ1v) is 8.37. The van der Waals surface area contributed by atoms with Gasteiger partial charge in [-0.05, 0) is 25.0 Å². The molecule has 1 fully saturated rings. The van der Waals surface area contributed by atoms with Crippen LogP contribution < -0.4 is 14.4 Å². The van der Waals surface area contributed by atoms with Crippen molar-refractivity contribution in [3.63, 3.8) is 0 Å². The van der Waals surface area contributed by atoms with Gasteiger partial charge in [-0.3, -0.25) is 9.69 Å². The number of carbonyl (C=O) groups excluding carboxylic acids is 1. The Balaban J connectivity index is 2.00. The maximum absolute atomic E-state index is 12.1. The van der Waals surface area contributed by atoms with E-state index in [9.17, 15) is 4.79 Å². The monoisotopic (exact) mass is 336 g/mol. The van der Waals surface area contributed by atoms with Gasteiger partial charge in [0.2, 0.25) is 5.91 Å². The van der Waals surface area contributed by atoms with Gasteiger partial charge in [0, 0.05) is 13.5 Å². The maximum atomic E-state index is 12.1. The number of carbonyl (C=O) groups is 1. The fourth-order valence-electron chi connectivity index (χ4n) is 2.72. The lowest BCUT2D eigenvalue weighted by Gasteiger charge is -2.21. The highest BCUT2D eigenvalue weighted by Gasteiger charge is 2.25. The number of hydrogen-bond donors (Lipinski definition) is 0. The van der Waals surface area contributed by atoms with Gasteiger partial charge in [-0.2, -0.15) is 0 Å². The largest absolute Gasteiger partial charge is 0.495 e. The van der Waals surface area contributed by atoms with Crippen molar-refractivity contribution in [2.24, 2.45) is 0 Å². The molecule has 0 bridgehead atoms. The van der Waals surface area contributed by atoms with Crippen LogP contribution >= 0.6 is 11.3 Å². The van der Waals surface area contributed by atoms with E-state index in [4.69, 9.17) is 14.2 Å². The van der Waals surface area contributed by atoms with Gasteiger partial charge in [0.15, 0.2) is 5.13 Å². The summed E-state index contributed by atoms with van der Waals surface area (Å²) in [6.45, 7) is 2.84. The highest BCUT2D eigenvalue weighted by atomic mass is 32.1. The van der Waals surface area contributed by atoms with Gasteiger partial charge < -0.3 is 14.2 Å². The fourth-order valence-corrected chi connectivity index (χ4v) is 3.85. The molecule has 2 heterocycles. The van der Waals surface area contributed by atoms with Gasteiger partial charge in [-0.25, -0.2) is 4.98 Å². The summed E-state index contributed by atoms with van der Waals surface area (Å²) < 4.78 is 17.3. The van der Waals surface area contributed by atoms with Crippen LogP contribution in [0.4, 0.5) is 5.13 Å². The minimum Gasteiger partial charge on any atom is -0.495 e. The van der Waals surface area contributed by atoms with Crippen molar-refractivity contribution >= 4 is 32.6 Å². The van der Waals surface area contributed by atoms with Crippen LogP contribution in [0, 0.1) is 0 Å². The molecule has 0 aliphatic carbocycles. The molecule has 0 saturated carbocycles. The summed E-state index contributed by atoms with van der Waals surface area (Å²) in [7, 11) is 3.23. The molecule has 3 rings (SSSR count). The predicted octanol–water partition coefficient (Wildman–Crippen LogP) is 2.85. The molecule has 6 nitrogen and oxygen atoms in total. The number of benzene rings is 1. The molecule has 1 amide bonds. The van der Waals surface area contributed by atoms with Crippen molar-refractivity contribution in [1.82, 2.24) is 4.98 Å². The number of aromatic nitrogens is 1. The third-order valence-corrected chi connectivity index (χ3v) is 5.01. The van der Waals surface area contributed by atoms with Crippen LogP contribution in [0.1, 0.15) is 19.8 Å². The number of hydrogen-bond acceptors (Lipinski definition) is 6. The molecule has 23 heavy (non-hydrogen) atoms. The van der Waals surface area contributed by atoms with Gasteiger partial charge >= 0.3 is 0 Å². The number of rotatable bonds is 5. The number of nitrogens with zero attached hydrogens (tertiary/aromatic N) is 2. The first-order valence-electron chi connectivity index (χ1n) is 7.55. The Labute approximate surface area is 139 Å². The molecule has 1 atom stereocenters. The summed E-state index contributed by atoms with van der Waals surface area (Å²) in [4.78, 5) is 18.4. The zero-order valence-electron chi connectivity index (χ0n) is 13.5. The number of amides is 1. The van der Waals surface area contributed by atoms with Gasteiger partial charge in [0.05, 0.1) is 26.9 Å². The molecule has 0 N–H and O–H groups in total. The highest BCUT2D eigenvalue weighted by molar-refractivity contribution is 7.22. The van der Waals surface area contributed by atoms with E-state index in [-0.39, 0.29) is 12.0 Å². The third kappa shape index (κ3) is 3.11. The summed E-state index contributed by atoms with van der Waals surface area (Å²) in [6, 6.07) is 3.67. The van der Waals surface area contributed by atoms with Crippen molar-refractivity contribution in [3.05, 3.63) is 12.1 Å². The zero-order valence-corrected chi connectivity index (χ0v) is 14.3. The van der Waals surface area contributed by atoms with Gasteiger partial charge in [0.1, 0.15) is 21.7 Å². The van der Waals surface area contributed by atoms with Crippen LogP contribution in [0.5, 0.6) is 11.5 Å². The lowest BCUT2D eigenvalue weighted by Crippen LogP contribution is -2.35. The Bertz CT molecular complexity index is 668. The molecule has 1 saturated heterocycles. The first kappa shape index (κ1) is 16.0. The number of methoxy groups -OCH3 is 2. The maximum Gasteiger partial charge on any atom is 0.225 e. The minimum atomic E-state index is -0.0440. The van der Waals surface area contributed by atoms with E-state index in [0.717, 1.165) is 29.9 Å². The van der Waals surface area contributed by atoms with Gasteiger partial charge in [-0.15, -0.1) is 0 Å².